The van der Waals surface area contributed by atoms with Crippen molar-refractivity contribution in [3.8, 4) is 0 Å². The summed E-state index contributed by atoms with van der Waals surface area (Å²) < 4.78 is 5.98. The lowest BCUT2D eigenvalue weighted by molar-refractivity contribution is 0.0838. The van der Waals surface area contributed by atoms with Crippen molar-refractivity contribution in [3.05, 3.63) is 0 Å². The van der Waals surface area contributed by atoms with Crippen LogP contribution in [0.4, 0.5) is 0 Å². The van der Waals surface area contributed by atoms with Gasteiger partial charge in [-0.15, -0.1) is 0 Å². The Morgan fingerprint density at radius 2 is 2.13 bits per heavy atom. The highest BCUT2D eigenvalue weighted by Gasteiger charge is 2.48. The van der Waals surface area contributed by atoms with E-state index in [0.717, 1.165) is 17.9 Å². The predicted molar refractivity (Wildman–Crippen MR) is 60.8 cm³/mol. The van der Waals surface area contributed by atoms with Crippen LogP contribution in [0.1, 0.15) is 45.4 Å². The van der Waals surface area contributed by atoms with Crippen LogP contribution >= 0.6 is 0 Å². The normalized spacial score (nSPS) is 41.0. The molecule has 2 bridgehead atoms. The van der Waals surface area contributed by atoms with Gasteiger partial charge in [0, 0.05) is 12.0 Å². The standard InChI is InChI=1S/C13H23NO/c1-2-7-14-13(9-3-4-9)11-8-10-5-6-12(11)15-10/h9-14H,2-8H2,1H3. The van der Waals surface area contributed by atoms with Crippen LogP contribution in [0, 0.1) is 11.8 Å². The molecular weight excluding hydrogens is 186 g/mol. The van der Waals surface area contributed by atoms with Crippen LogP contribution in [0.15, 0.2) is 0 Å². The fourth-order valence-corrected chi connectivity index (χ4v) is 3.49. The molecule has 0 aromatic heterocycles. The zero-order chi connectivity index (χ0) is 10.3. The first kappa shape index (κ1) is 10.1. The molecule has 3 aliphatic rings. The van der Waals surface area contributed by atoms with E-state index in [1.165, 1.54) is 45.1 Å². The average molecular weight is 209 g/mol. The quantitative estimate of drug-likeness (QED) is 0.750. The average Bonchev–Trinajstić information content (AvgIpc) is 2.87. The molecule has 0 amide bonds. The second-order valence-electron chi connectivity index (χ2n) is 5.59. The fraction of sp³-hybridized carbons (Fsp3) is 1.00. The topological polar surface area (TPSA) is 21.3 Å². The van der Waals surface area contributed by atoms with E-state index < -0.39 is 0 Å². The van der Waals surface area contributed by atoms with Crippen molar-refractivity contribution in [3.63, 3.8) is 0 Å². The van der Waals surface area contributed by atoms with Gasteiger partial charge in [-0.1, -0.05) is 6.92 Å². The SMILES string of the molecule is CCCNC(C1CC1)C1CC2CCC1O2. The molecule has 2 saturated heterocycles. The summed E-state index contributed by atoms with van der Waals surface area (Å²) in [7, 11) is 0. The molecule has 0 aromatic carbocycles. The van der Waals surface area contributed by atoms with Gasteiger partial charge < -0.3 is 10.1 Å². The van der Waals surface area contributed by atoms with Crippen molar-refractivity contribution in [1.29, 1.82) is 0 Å². The molecule has 2 heteroatoms. The third-order valence-electron chi connectivity index (χ3n) is 4.37. The van der Waals surface area contributed by atoms with Gasteiger partial charge in [0.25, 0.3) is 0 Å². The zero-order valence-corrected chi connectivity index (χ0v) is 9.74. The van der Waals surface area contributed by atoms with Crippen LogP contribution in [0.3, 0.4) is 0 Å². The molecular formula is C13H23NO. The van der Waals surface area contributed by atoms with E-state index in [2.05, 4.69) is 12.2 Å². The largest absolute Gasteiger partial charge is 0.375 e. The van der Waals surface area contributed by atoms with Crippen LogP contribution in [-0.4, -0.2) is 24.8 Å². The predicted octanol–water partition coefficient (Wildman–Crippen LogP) is 2.33. The van der Waals surface area contributed by atoms with Gasteiger partial charge in [-0.25, -0.2) is 0 Å². The molecule has 3 fully saturated rings. The number of hydrogen-bond acceptors (Lipinski definition) is 2. The van der Waals surface area contributed by atoms with Crippen LogP contribution in [0.2, 0.25) is 0 Å². The van der Waals surface area contributed by atoms with E-state index in [9.17, 15) is 0 Å². The smallest absolute Gasteiger partial charge is 0.0623 e. The second kappa shape index (κ2) is 4.06. The molecule has 2 heterocycles. The van der Waals surface area contributed by atoms with Gasteiger partial charge >= 0.3 is 0 Å². The first-order chi connectivity index (χ1) is 7.38. The molecule has 86 valence electrons. The Balaban J connectivity index is 1.61. The van der Waals surface area contributed by atoms with Gasteiger partial charge in [-0.05, 0) is 51.0 Å². The van der Waals surface area contributed by atoms with Crippen LogP contribution in [0.25, 0.3) is 0 Å². The van der Waals surface area contributed by atoms with E-state index in [4.69, 9.17) is 4.74 Å². The minimum Gasteiger partial charge on any atom is -0.375 e. The van der Waals surface area contributed by atoms with Crippen molar-refractivity contribution >= 4 is 0 Å². The molecule has 3 rings (SSSR count). The molecule has 0 radical (unpaired) electrons. The molecule has 1 saturated carbocycles. The Hall–Kier alpha value is -0.0800. The Morgan fingerprint density at radius 1 is 1.27 bits per heavy atom. The number of ether oxygens (including phenoxy) is 1. The van der Waals surface area contributed by atoms with Gasteiger partial charge in [0.05, 0.1) is 12.2 Å². The van der Waals surface area contributed by atoms with E-state index >= 15 is 0 Å². The van der Waals surface area contributed by atoms with E-state index in [1.807, 2.05) is 0 Å². The lowest BCUT2D eigenvalue weighted by Gasteiger charge is -2.29. The van der Waals surface area contributed by atoms with E-state index in [0.29, 0.717) is 12.2 Å². The number of hydrogen-bond donors (Lipinski definition) is 1. The number of rotatable bonds is 5. The van der Waals surface area contributed by atoms with Crippen LogP contribution < -0.4 is 5.32 Å². The second-order valence-corrected chi connectivity index (χ2v) is 5.59. The summed E-state index contributed by atoms with van der Waals surface area (Å²) in [5, 5.41) is 3.78. The summed E-state index contributed by atoms with van der Waals surface area (Å²) in [6.07, 6.45) is 9.37. The number of nitrogens with one attached hydrogen (secondary N) is 1. The molecule has 2 aliphatic heterocycles. The molecule has 0 spiro atoms. The monoisotopic (exact) mass is 209 g/mol. The fourth-order valence-electron chi connectivity index (χ4n) is 3.49. The zero-order valence-electron chi connectivity index (χ0n) is 9.74. The van der Waals surface area contributed by atoms with Gasteiger partial charge in [0.1, 0.15) is 0 Å². The first-order valence-electron chi connectivity index (χ1n) is 6.77. The maximum atomic E-state index is 5.98. The summed E-state index contributed by atoms with van der Waals surface area (Å²) in [5.41, 5.74) is 0. The van der Waals surface area contributed by atoms with Gasteiger partial charge in [0.15, 0.2) is 0 Å². The van der Waals surface area contributed by atoms with E-state index in [1.54, 1.807) is 0 Å². The van der Waals surface area contributed by atoms with Gasteiger partial charge in [-0.2, -0.15) is 0 Å². The van der Waals surface area contributed by atoms with Crippen molar-refractivity contribution in [2.24, 2.45) is 11.8 Å². The van der Waals surface area contributed by atoms with Gasteiger partial charge in [-0.3, -0.25) is 0 Å². The summed E-state index contributed by atoms with van der Waals surface area (Å²) in [4.78, 5) is 0. The third-order valence-corrected chi connectivity index (χ3v) is 4.37. The molecule has 4 unspecified atom stereocenters. The third kappa shape index (κ3) is 1.94. The highest BCUT2D eigenvalue weighted by Crippen LogP contribution is 2.46. The Kier molecular flexibility index (Phi) is 2.73. The maximum absolute atomic E-state index is 5.98. The van der Waals surface area contributed by atoms with Crippen LogP contribution in [-0.2, 0) is 4.74 Å². The molecule has 15 heavy (non-hydrogen) atoms. The summed E-state index contributed by atoms with van der Waals surface area (Å²) in [6, 6.07) is 0.778. The van der Waals surface area contributed by atoms with Crippen molar-refractivity contribution < 1.29 is 4.74 Å². The summed E-state index contributed by atoms with van der Waals surface area (Å²) in [6.45, 7) is 3.45. The minimum atomic E-state index is 0.602. The molecule has 1 aliphatic carbocycles. The highest BCUT2D eigenvalue weighted by molar-refractivity contribution is 5.00. The first-order valence-corrected chi connectivity index (χ1v) is 6.77. The molecule has 2 nitrogen and oxygen atoms in total. The van der Waals surface area contributed by atoms with Gasteiger partial charge in [0.2, 0.25) is 0 Å². The van der Waals surface area contributed by atoms with Crippen LogP contribution in [0.5, 0.6) is 0 Å². The summed E-state index contributed by atoms with van der Waals surface area (Å²) >= 11 is 0. The van der Waals surface area contributed by atoms with E-state index in [-0.39, 0.29) is 0 Å². The maximum Gasteiger partial charge on any atom is 0.0623 e. The Morgan fingerprint density at radius 3 is 2.67 bits per heavy atom. The minimum absolute atomic E-state index is 0.602. The lowest BCUT2D eigenvalue weighted by atomic mass is 9.82. The highest BCUT2D eigenvalue weighted by atomic mass is 16.5. The Labute approximate surface area is 92.8 Å². The molecule has 1 N–H and O–H groups in total. The molecule has 0 aromatic rings. The Bertz CT molecular complexity index is 227. The lowest BCUT2D eigenvalue weighted by Crippen LogP contribution is -2.42. The number of fused-ring (bicyclic) bond motifs is 2. The molecule has 4 atom stereocenters. The summed E-state index contributed by atoms with van der Waals surface area (Å²) in [5.74, 6) is 1.81. The van der Waals surface area contributed by atoms with Crippen molar-refractivity contribution in [2.75, 3.05) is 6.54 Å². The van der Waals surface area contributed by atoms with Crippen molar-refractivity contribution in [2.45, 2.75) is 63.7 Å². The van der Waals surface area contributed by atoms with Crippen molar-refractivity contribution in [1.82, 2.24) is 5.32 Å².